The number of likely N-dealkylation sites (tertiary alicyclic amines) is 1. The van der Waals surface area contributed by atoms with Crippen LogP contribution in [0.1, 0.15) is 53.9 Å². The zero-order valence-electron chi connectivity index (χ0n) is 19.9. The molecule has 0 saturated carbocycles. The van der Waals surface area contributed by atoms with Crippen molar-refractivity contribution in [2.45, 2.75) is 44.1 Å². The number of benzene rings is 3. The lowest BCUT2D eigenvalue weighted by molar-refractivity contribution is 0.158. The second kappa shape index (κ2) is 10.2. The van der Waals surface area contributed by atoms with Gasteiger partial charge in [-0.25, -0.2) is 0 Å². The highest BCUT2D eigenvalue weighted by Crippen LogP contribution is 2.47. The van der Waals surface area contributed by atoms with Crippen molar-refractivity contribution < 1.29 is 14.2 Å². The molecule has 1 heterocycles. The summed E-state index contributed by atoms with van der Waals surface area (Å²) in [6.45, 7) is 4.49. The molecule has 2 aliphatic rings. The maximum Gasteiger partial charge on any atom is 0.119 e. The van der Waals surface area contributed by atoms with Crippen molar-refractivity contribution in [2.24, 2.45) is 5.92 Å². The molecule has 0 aromatic heterocycles. The van der Waals surface area contributed by atoms with Crippen LogP contribution in [0.5, 0.6) is 11.5 Å². The summed E-state index contributed by atoms with van der Waals surface area (Å²) in [6.07, 6.45) is 3.02. The highest BCUT2D eigenvalue weighted by Gasteiger charge is 2.32. The van der Waals surface area contributed by atoms with Gasteiger partial charge in [-0.05, 0) is 85.2 Å². The third kappa shape index (κ3) is 4.97. The summed E-state index contributed by atoms with van der Waals surface area (Å²) in [5, 5.41) is 10.0. The average Bonchev–Trinajstić information content (AvgIpc) is 3.31. The van der Waals surface area contributed by atoms with Crippen LogP contribution >= 0.6 is 0 Å². The Morgan fingerprint density at radius 1 is 1.00 bits per heavy atom. The van der Waals surface area contributed by atoms with Gasteiger partial charge in [-0.1, -0.05) is 48.5 Å². The van der Waals surface area contributed by atoms with Crippen LogP contribution in [0, 0.1) is 5.92 Å². The van der Waals surface area contributed by atoms with E-state index in [0.29, 0.717) is 11.7 Å². The van der Waals surface area contributed by atoms with Crippen LogP contribution in [0.15, 0.2) is 72.8 Å². The largest absolute Gasteiger partial charge is 0.508 e. The summed E-state index contributed by atoms with van der Waals surface area (Å²) in [5.41, 5.74) is 5.17. The molecule has 3 nitrogen and oxygen atoms in total. The number of ether oxygens (including phenoxy) is 1. The Hall–Kier alpha value is -2.85. The predicted octanol–water partition coefficient (Wildman–Crippen LogP) is 6.31. The molecule has 0 spiro atoms. The minimum absolute atomic E-state index is 0.0552. The maximum absolute atomic E-state index is 12.9. The molecule has 1 aliphatic heterocycles. The van der Waals surface area contributed by atoms with Crippen molar-refractivity contribution in [1.29, 1.82) is 0 Å². The molecule has 3 aromatic rings. The molecule has 1 N–H and O–H groups in total. The van der Waals surface area contributed by atoms with Gasteiger partial charge in [0.25, 0.3) is 0 Å². The van der Waals surface area contributed by atoms with Crippen molar-refractivity contribution in [2.75, 3.05) is 26.3 Å². The van der Waals surface area contributed by atoms with Gasteiger partial charge in [0.2, 0.25) is 0 Å². The Labute approximate surface area is 202 Å². The number of hydrogen-bond acceptors (Lipinski definition) is 3. The first-order valence-corrected chi connectivity index (χ1v) is 12.5. The molecule has 1 saturated heterocycles. The second-order valence-corrected chi connectivity index (χ2v) is 9.98. The number of halogens is 1. The monoisotopic (exact) mass is 459 g/mol. The van der Waals surface area contributed by atoms with E-state index in [-0.39, 0.29) is 24.6 Å². The number of hydrogen-bond donors (Lipinski definition) is 1. The normalized spacial score (nSPS) is 23.4. The van der Waals surface area contributed by atoms with Gasteiger partial charge in [-0.2, -0.15) is 0 Å². The minimum atomic E-state index is -0.221. The first kappa shape index (κ1) is 22.9. The summed E-state index contributed by atoms with van der Waals surface area (Å²) >= 11 is 0. The van der Waals surface area contributed by atoms with Gasteiger partial charge in [0.1, 0.15) is 17.6 Å². The molecule has 1 aliphatic carbocycles. The lowest BCUT2D eigenvalue weighted by Crippen LogP contribution is -2.32. The van der Waals surface area contributed by atoms with E-state index in [0.717, 1.165) is 44.6 Å². The quantitative estimate of drug-likeness (QED) is 0.449. The Balaban J connectivity index is 1.35. The lowest BCUT2D eigenvalue weighted by atomic mass is 9.69. The van der Waals surface area contributed by atoms with Gasteiger partial charge < -0.3 is 9.84 Å². The number of nitrogens with zero attached hydrogens (tertiary/aromatic N) is 1. The number of alkyl halides is 1. The van der Waals surface area contributed by atoms with Gasteiger partial charge in [0.05, 0.1) is 6.67 Å². The van der Waals surface area contributed by atoms with Crippen molar-refractivity contribution in [1.82, 2.24) is 4.90 Å². The summed E-state index contributed by atoms with van der Waals surface area (Å²) in [6, 6.07) is 25.1. The topological polar surface area (TPSA) is 32.7 Å². The summed E-state index contributed by atoms with van der Waals surface area (Å²) in [5.74, 6) is 2.02. The standard InChI is InChI=1S/C30H34FNO2/c1-21(19-32-16-15-22(18-31)20-32)34-27-11-7-24(8-12-27)30-28(23-5-3-2-4-6-23)13-9-25-17-26(33)10-14-29(25)30/h2-8,10-12,14,17,21-22,28,30,33H,9,13,15-16,18-20H2,1H3/t21?,22?,28-,30+/m0/s1. The Kier molecular flexibility index (Phi) is 6.87. The van der Waals surface area contributed by atoms with Gasteiger partial charge in [-0.3, -0.25) is 9.29 Å². The van der Waals surface area contributed by atoms with Crippen molar-refractivity contribution in [3.8, 4) is 11.5 Å². The van der Waals surface area contributed by atoms with Crippen LogP contribution in [0.4, 0.5) is 4.39 Å². The molecule has 0 amide bonds. The molecule has 5 rings (SSSR count). The fourth-order valence-electron chi connectivity index (χ4n) is 5.87. The molecule has 4 atom stereocenters. The second-order valence-electron chi connectivity index (χ2n) is 9.98. The molecule has 178 valence electrons. The zero-order chi connectivity index (χ0) is 23.5. The number of aromatic hydroxyl groups is 1. The van der Waals surface area contributed by atoms with Crippen molar-refractivity contribution in [3.05, 3.63) is 95.1 Å². The van der Waals surface area contributed by atoms with E-state index >= 15 is 0 Å². The first-order chi connectivity index (χ1) is 16.6. The van der Waals surface area contributed by atoms with Crippen molar-refractivity contribution in [3.63, 3.8) is 0 Å². The molecule has 4 heteroatoms. The third-order valence-electron chi connectivity index (χ3n) is 7.50. The van der Waals surface area contributed by atoms with Gasteiger partial charge >= 0.3 is 0 Å². The van der Waals surface area contributed by atoms with Gasteiger partial charge in [0.15, 0.2) is 0 Å². The van der Waals surface area contributed by atoms with Crippen LogP contribution in [0.25, 0.3) is 0 Å². The molecular weight excluding hydrogens is 425 g/mol. The number of rotatable bonds is 7. The number of phenols is 1. The minimum Gasteiger partial charge on any atom is -0.508 e. The zero-order valence-corrected chi connectivity index (χ0v) is 19.9. The average molecular weight is 460 g/mol. The molecule has 2 unspecified atom stereocenters. The molecule has 34 heavy (non-hydrogen) atoms. The molecule has 3 aromatic carbocycles. The van der Waals surface area contributed by atoms with E-state index in [1.807, 2.05) is 12.1 Å². The smallest absolute Gasteiger partial charge is 0.119 e. The summed E-state index contributed by atoms with van der Waals surface area (Å²) in [7, 11) is 0. The van der Waals surface area contributed by atoms with E-state index in [9.17, 15) is 9.50 Å². The molecular formula is C30H34FNO2. The van der Waals surface area contributed by atoms with E-state index in [1.165, 1.54) is 22.3 Å². The fourth-order valence-corrected chi connectivity index (χ4v) is 5.87. The molecule has 1 fully saturated rings. The van der Waals surface area contributed by atoms with Crippen molar-refractivity contribution >= 4 is 0 Å². The predicted molar refractivity (Wildman–Crippen MR) is 135 cm³/mol. The Bertz CT molecular complexity index is 1080. The number of aryl methyl sites for hydroxylation is 1. The van der Waals surface area contributed by atoms with Gasteiger partial charge in [0, 0.05) is 24.9 Å². The molecule has 0 radical (unpaired) electrons. The SMILES string of the molecule is CC(CN1CCC(CF)C1)Oc1ccc([C@H]2c3ccc(O)cc3CC[C@H]2c2ccccc2)cc1. The lowest BCUT2D eigenvalue weighted by Gasteiger charge is -2.35. The highest BCUT2D eigenvalue weighted by atomic mass is 19.1. The summed E-state index contributed by atoms with van der Waals surface area (Å²) in [4.78, 5) is 2.31. The van der Waals surface area contributed by atoms with Crippen LogP contribution in [0.3, 0.4) is 0 Å². The maximum atomic E-state index is 12.9. The van der Waals surface area contributed by atoms with E-state index < -0.39 is 0 Å². The highest BCUT2D eigenvalue weighted by molar-refractivity contribution is 5.48. The fraction of sp³-hybridized carbons (Fsp3) is 0.400. The van der Waals surface area contributed by atoms with Crippen LogP contribution < -0.4 is 4.74 Å². The molecule has 0 bridgehead atoms. The number of phenolic OH excluding ortho intramolecular Hbond substituents is 1. The Morgan fingerprint density at radius 2 is 1.79 bits per heavy atom. The Morgan fingerprint density at radius 3 is 2.53 bits per heavy atom. The van der Waals surface area contributed by atoms with E-state index in [4.69, 9.17) is 4.74 Å². The van der Waals surface area contributed by atoms with Crippen LogP contribution in [-0.4, -0.2) is 42.4 Å². The number of fused-ring (bicyclic) bond motifs is 1. The van der Waals surface area contributed by atoms with E-state index in [1.54, 1.807) is 0 Å². The van der Waals surface area contributed by atoms with E-state index in [2.05, 4.69) is 72.5 Å². The summed E-state index contributed by atoms with van der Waals surface area (Å²) < 4.78 is 19.1. The van der Waals surface area contributed by atoms with Gasteiger partial charge in [-0.15, -0.1) is 0 Å². The van der Waals surface area contributed by atoms with Crippen LogP contribution in [0.2, 0.25) is 0 Å². The third-order valence-corrected chi connectivity index (χ3v) is 7.50. The first-order valence-electron chi connectivity index (χ1n) is 12.5. The van der Waals surface area contributed by atoms with Crippen LogP contribution in [-0.2, 0) is 6.42 Å².